The molecule has 0 spiro atoms. The highest BCUT2D eigenvalue weighted by Gasteiger charge is 2.49. The van der Waals surface area contributed by atoms with Crippen molar-refractivity contribution in [1.29, 1.82) is 0 Å². The summed E-state index contributed by atoms with van der Waals surface area (Å²) in [4.78, 5) is 56.5. The summed E-state index contributed by atoms with van der Waals surface area (Å²) in [7, 11) is 0. The number of nitrogens with one attached hydrogen (secondary N) is 2. The molecule has 2 N–H and O–H groups in total. The Morgan fingerprint density at radius 2 is 1.18 bits per heavy atom. The molecule has 61 heavy (non-hydrogen) atoms. The number of hydrogen-bond acceptors (Lipinski definition) is 12. The highest BCUT2D eigenvalue weighted by atomic mass is 79.9. The first kappa shape index (κ1) is 44.0. The topological polar surface area (TPSA) is 167 Å². The van der Waals surface area contributed by atoms with Gasteiger partial charge in [0.15, 0.2) is 11.7 Å². The Morgan fingerprint density at radius 1 is 0.738 bits per heavy atom. The number of hydrazone groups is 2. The lowest BCUT2D eigenvalue weighted by atomic mass is 9.69. The summed E-state index contributed by atoms with van der Waals surface area (Å²) in [5, 5.41) is 8.31. The van der Waals surface area contributed by atoms with E-state index in [1.807, 2.05) is 77.3 Å². The maximum absolute atomic E-state index is 12.4. The van der Waals surface area contributed by atoms with Crippen LogP contribution in [-0.2, 0) is 19.1 Å². The Morgan fingerprint density at radius 3 is 1.66 bits per heavy atom. The van der Waals surface area contributed by atoms with E-state index in [0.29, 0.717) is 51.1 Å². The van der Waals surface area contributed by atoms with Crippen LogP contribution >= 0.6 is 15.9 Å². The first-order chi connectivity index (χ1) is 28.4. The van der Waals surface area contributed by atoms with Crippen molar-refractivity contribution in [2.75, 3.05) is 49.2 Å². The Bertz CT molecular complexity index is 2190. The van der Waals surface area contributed by atoms with Crippen LogP contribution in [0.4, 0.5) is 21.0 Å². The molecule has 0 aliphatic carbocycles. The molecule has 2 saturated heterocycles. The van der Waals surface area contributed by atoms with Gasteiger partial charge in [0, 0.05) is 41.5 Å². The van der Waals surface area contributed by atoms with E-state index >= 15 is 0 Å². The maximum Gasteiger partial charge on any atom is 0.410 e. The van der Waals surface area contributed by atoms with Crippen LogP contribution in [0.15, 0.2) is 45.0 Å². The highest BCUT2D eigenvalue weighted by molar-refractivity contribution is 9.10. The van der Waals surface area contributed by atoms with E-state index in [1.54, 1.807) is 9.80 Å². The number of likely N-dealkylation sites (tertiary alicyclic amines) is 2. The normalized spacial score (nSPS) is 23.0. The molecule has 0 aromatic heterocycles. The quantitative estimate of drug-likeness (QED) is 0.329. The van der Waals surface area contributed by atoms with Gasteiger partial charge in [-0.15, -0.1) is 0 Å². The van der Waals surface area contributed by atoms with Gasteiger partial charge in [-0.05, 0) is 103 Å². The Hall–Kier alpha value is -5.06. The average Bonchev–Trinajstić information content (AvgIpc) is 3.15. The second kappa shape index (κ2) is 15.7. The third-order valence-corrected chi connectivity index (χ3v) is 13.2. The number of rotatable bonds is 4. The van der Waals surface area contributed by atoms with Gasteiger partial charge in [-0.3, -0.25) is 9.59 Å². The molecule has 0 unspecified atom stereocenters. The van der Waals surface area contributed by atoms with E-state index in [2.05, 4.69) is 82.9 Å². The number of amides is 4. The molecule has 2 aromatic rings. The number of benzene rings is 2. The fourth-order valence-corrected chi connectivity index (χ4v) is 9.26. The van der Waals surface area contributed by atoms with Crippen LogP contribution in [0.1, 0.15) is 106 Å². The zero-order chi connectivity index (χ0) is 44.6. The molecule has 8 rings (SSSR count). The van der Waals surface area contributed by atoms with Gasteiger partial charge in [-0.2, -0.15) is 10.2 Å². The van der Waals surface area contributed by atoms with E-state index < -0.39 is 11.2 Å². The fraction of sp³-hybridized carbons (Fsp3) is 0.591. The molecule has 2 aromatic carbocycles. The zero-order valence-electron chi connectivity index (χ0n) is 37.3. The summed E-state index contributed by atoms with van der Waals surface area (Å²) in [6.45, 7) is 26.9. The number of anilines is 2. The van der Waals surface area contributed by atoms with Gasteiger partial charge in [-0.1, -0.05) is 49.7 Å². The van der Waals surface area contributed by atoms with Crippen molar-refractivity contribution in [3.05, 3.63) is 45.9 Å². The zero-order valence-corrected chi connectivity index (χ0v) is 38.9. The number of carbonyl (C=O) groups is 4. The Balaban J connectivity index is 0.000000184. The lowest BCUT2D eigenvalue weighted by Gasteiger charge is -2.51. The van der Waals surface area contributed by atoms with E-state index in [-0.39, 0.29) is 58.8 Å². The minimum absolute atomic E-state index is 0.0531. The molecule has 6 aliphatic heterocycles. The third-order valence-electron chi connectivity index (χ3n) is 12.5. The number of ether oxygens (including phenoxy) is 4. The van der Waals surface area contributed by atoms with E-state index in [0.717, 1.165) is 38.5 Å². The monoisotopic (exact) mass is 906 g/mol. The lowest BCUT2D eigenvalue weighted by Crippen LogP contribution is -2.59. The highest BCUT2D eigenvalue weighted by Crippen LogP contribution is 2.49. The lowest BCUT2D eigenvalue weighted by molar-refractivity contribution is -0.123. The molecule has 330 valence electrons. The van der Waals surface area contributed by atoms with Crippen LogP contribution in [0.3, 0.4) is 0 Å². The molecule has 6 aliphatic rings. The number of nitrogens with zero attached hydrogens (tertiary/aromatic N) is 6. The second-order valence-electron chi connectivity index (χ2n) is 19.7. The Kier molecular flexibility index (Phi) is 11.3. The van der Waals surface area contributed by atoms with Crippen LogP contribution in [0.5, 0.6) is 11.5 Å². The van der Waals surface area contributed by atoms with Crippen LogP contribution in [0.2, 0.25) is 0 Å². The van der Waals surface area contributed by atoms with Gasteiger partial charge in [0.2, 0.25) is 0 Å². The summed E-state index contributed by atoms with van der Waals surface area (Å²) >= 11 is 3.71. The van der Waals surface area contributed by atoms with Crippen LogP contribution in [0, 0.1) is 10.8 Å². The van der Waals surface area contributed by atoms with Crippen LogP contribution < -0.4 is 30.1 Å². The predicted molar refractivity (Wildman–Crippen MR) is 235 cm³/mol. The number of amidine groups is 2. The summed E-state index contributed by atoms with van der Waals surface area (Å²) in [5.41, 5.74) is 7.90. The van der Waals surface area contributed by atoms with E-state index in [1.165, 1.54) is 0 Å². The van der Waals surface area contributed by atoms with E-state index in [9.17, 15) is 19.2 Å². The van der Waals surface area contributed by atoms with Gasteiger partial charge in [0.1, 0.15) is 48.0 Å². The number of fused-ring (bicyclic) bond motifs is 6. The molecule has 4 atom stereocenters. The summed E-state index contributed by atoms with van der Waals surface area (Å²) < 4.78 is 23.7. The summed E-state index contributed by atoms with van der Waals surface area (Å²) in [5.74, 6) is 2.94. The molecule has 0 bridgehead atoms. The second-order valence-corrected chi connectivity index (χ2v) is 20.5. The number of hydrogen-bond donors (Lipinski definition) is 2. The largest absolute Gasteiger partial charge is 0.483 e. The predicted octanol–water partition coefficient (Wildman–Crippen LogP) is 6.92. The number of carbonyl (C=O) groups excluding carboxylic acids is 4. The molecule has 16 nitrogen and oxygen atoms in total. The van der Waals surface area contributed by atoms with Gasteiger partial charge < -0.3 is 38.5 Å². The first-order valence-corrected chi connectivity index (χ1v) is 21.7. The van der Waals surface area contributed by atoms with Gasteiger partial charge >= 0.3 is 12.2 Å². The SMILES string of the molecule is C[C@@H]1C(=O)NN=C2COc3cc(Br)c([C@@H](C)C4(C)CN(C(=O)OC(C)(C)C)C4)cc3N21.C[C@@H]1C(=O)NN=C2COc3ccc([C@@H](C)C4(C)CN(C(=O)OC(C)(C)C)C4)cc3N21. The smallest absolute Gasteiger partial charge is 0.410 e. The number of halogens is 1. The van der Waals surface area contributed by atoms with Gasteiger partial charge in [0.25, 0.3) is 11.8 Å². The molecule has 4 amide bonds. The van der Waals surface area contributed by atoms with E-state index in [4.69, 9.17) is 18.9 Å². The maximum atomic E-state index is 12.4. The van der Waals surface area contributed by atoms with Crippen molar-refractivity contribution < 1.29 is 38.1 Å². The molecular weight excluding hydrogens is 848 g/mol. The summed E-state index contributed by atoms with van der Waals surface area (Å²) in [6.07, 6.45) is -0.538. The van der Waals surface area contributed by atoms with Crippen molar-refractivity contribution in [3.63, 3.8) is 0 Å². The fourth-order valence-electron chi connectivity index (χ4n) is 8.60. The molecular formula is C44H59BrN8O8. The molecule has 0 radical (unpaired) electrons. The van der Waals surface area contributed by atoms with Gasteiger partial charge in [-0.25, -0.2) is 20.4 Å². The van der Waals surface area contributed by atoms with Crippen LogP contribution in [0.25, 0.3) is 0 Å². The average molecular weight is 908 g/mol. The molecule has 2 fully saturated rings. The van der Waals surface area contributed by atoms with Crippen molar-refractivity contribution in [1.82, 2.24) is 20.7 Å². The van der Waals surface area contributed by atoms with Gasteiger partial charge in [0.05, 0.1) is 11.4 Å². The minimum Gasteiger partial charge on any atom is -0.483 e. The Labute approximate surface area is 366 Å². The third kappa shape index (κ3) is 8.58. The first-order valence-electron chi connectivity index (χ1n) is 20.9. The molecule has 17 heteroatoms. The standard InChI is InChI=1S/C22H29BrN4O4.C22H30N4O4/c1-12(22(6)10-26(11-22)20(29)31-21(3,4)5)14-7-16-17(8-15(14)23)30-9-18-24-25-19(28)13(2)27(16)18;1-13(22(6)11-25(12-22)20(28)30-21(3,4)5)15-7-8-17-16(9-15)26-14(2)19(27)24-23-18(26)10-29-17/h7-8,12-13H,9-11H2,1-6H3,(H,25,28);7-9,13-14H,10-12H2,1-6H3,(H,24,27)/t12-,13-;13-,14-/m11/s1. The van der Waals surface area contributed by atoms with Crippen molar-refractivity contribution >= 4 is 63.0 Å². The van der Waals surface area contributed by atoms with Crippen molar-refractivity contribution in [2.45, 2.75) is 118 Å². The molecule has 6 heterocycles. The summed E-state index contributed by atoms with van der Waals surface area (Å²) in [6, 6.07) is 9.44. The minimum atomic E-state index is -0.507. The van der Waals surface area contributed by atoms with Crippen molar-refractivity contribution in [2.24, 2.45) is 21.0 Å². The van der Waals surface area contributed by atoms with Crippen molar-refractivity contribution in [3.8, 4) is 11.5 Å². The molecule has 0 saturated carbocycles. The van der Waals surface area contributed by atoms with Crippen LogP contribution in [-0.4, -0.2) is 108 Å².